The highest BCUT2D eigenvalue weighted by Crippen LogP contribution is 2.28. The van der Waals surface area contributed by atoms with E-state index in [9.17, 15) is 13.2 Å². The maximum Gasteiger partial charge on any atom is 0.573 e. The molecule has 0 heterocycles. The van der Waals surface area contributed by atoms with Gasteiger partial charge in [-0.15, -0.1) is 13.2 Å². The topological polar surface area (TPSA) is 42.2 Å². The summed E-state index contributed by atoms with van der Waals surface area (Å²) in [5, 5.41) is 8.51. The molecule has 0 spiro atoms. The molecule has 0 amide bonds. The maximum atomic E-state index is 12.1. The summed E-state index contributed by atoms with van der Waals surface area (Å²) in [6.45, 7) is 0.371. The van der Waals surface area contributed by atoms with Gasteiger partial charge in [0.1, 0.15) is 5.75 Å². The van der Waals surface area contributed by atoms with Gasteiger partial charge in [0.2, 0.25) is 0 Å². The third kappa shape index (κ3) is 6.33. The molecule has 0 N–H and O–H groups in total. The molecular weight excluding hydrogens is 307 g/mol. The first-order valence-corrected chi connectivity index (χ1v) is 7.49. The number of halogens is 3. The van der Waals surface area contributed by atoms with Gasteiger partial charge >= 0.3 is 6.36 Å². The van der Waals surface area contributed by atoms with Crippen LogP contribution in [0.5, 0.6) is 5.75 Å². The number of benzene rings is 1. The molecule has 6 heteroatoms. The molecule has 0 bridgehead atoms. The number of allylic oxidation sites excluding steroid dienone is 2. The smallest absolute Gasteiger partial charge is 0.406 e. The summed E-state index contributed by atoms with van der Waals surface area (Å²) < 4.78 is 45.9. The van der Waals surface area contributed by atoms with Crippen LogP contribution in [-0.4, -0.2) is 12.5 Å². The van der Waals surface area contributed by atoms with E-state index in [1.807, 2.05) is 12.1 Å². The number of rotatable bonds is 5. The molecule has 23 heavy (non-hydrogen) atoms. The van der Waals surface area contributed by atoms with Crippen molar-refractivity contribution >= 4 is 0 Å². The molecule has 124 valence electrons. The van der Waals surface area contributed by atoms with E-state index >= 15 is 0 Å². The Morgan fingerprint density at radius 3 is 2.35 bits per heavy atom. The van der Waals surface area contributed by atoms with Crippen molar-refractivity contribution in [2.24, 2.45) is 5.92 Å². The Kier molecular flexibility index (Phi) is 6.05. The standard InChI is InChI=1S/C17H18F3NO2/c18-17(19,20)23-16-9-5-14(6-10-16)12-22-15-7-3-13(4-8-15)2-1-11-21/h1-2,5-6,9-10,13,15H,3-4,7-8,12H2/t13-,15-. The van der Waals surface area contributed by atoms with Crippen LogP contribution in [0.25, 0.3) is 0 Å². The van der Waals surface area contributed by atoms with Crippen molar-refractivity contribution in [2.45, 2.75) is 44.8 Å². The lowest BCUT2D eigenvalue weighted by Crippen LogP contribution is -2.20. The van der Waals surface area contributed by atoms with Crippen molar-refractivity contribution in [2.75, 3.05) is 0 Å². The van der Waals surface area contributed by atoms with E-state index in [-0.39, 0.29) is 11.9 Å². The maximum absolute atomic E-state index is 12.1. The van der Waals surface area contributed by atoms with Crippen LogP contribution in [0.1, 0.15) is 31.2 Å². The minimum Gasteiger partial charge on any atom is -0.406 e. The van der Waals surface area contributed by atoms with E-state index in [0.717, 1.165) is 31.2 Å². The molecule has 0 saturated heterocycles. The first kappa shape index (κ1) is 17.4. The first-order chi connectivity index (χ1) is 11.0. The van der Waals surface area contributed by atoms with Gasteiger partial charge in [-0.1, -0.05) is 18.2 Å². The van der Waals surface area contributed by atoms with Crippen molar-refractivity contribution in [3.63, 3.8) is 0 Å². The van der Waals surface area contributed by atoms with Gasteiger partial charge in [0.05, 0.1) is 18.8 Å². The number of hydrogen-bond acceptors (Lipinski definition) is 3. The molecule has 0 atom stereocenters. The van der Waals surface area contributed by atoms with E-state index in [4.69, 9.17) is 10.00 Å². The summed E-state index contributed by atoms with van der Waals surface area (Å²) in [5.41, 5.74) is 0.811. The second-order valence-electron chi connectivity index (χ2n) is 5.53. The SMILES string of the molecule is N#CC=C[C@H]1CC[C@H](OCc2ccc(OC(F)(F)F)cc2)CC1. The molecule has 1 saturated carbocycles. The van der Waals surface area contributed by atoms with Gasteiger partial charge in [-0.3, -0.25) is 0 Å². The molecule has 0 unspecified atom stereocenters. The van der Waals surface area contributed by atoms with Crippen LogP contribution in [0, 0.1) is 17.2 Å². The lowest BCUT2D eigenvalue weighted by molar-refractivity contribution is -0.274. The predicted molar refractivity (Wildman–Crippen MR) is 78.4 cm³/mol. The first-order valence-electron chi connectivity index (χ1n) is 7.49. The molecular formula is C17H18F3NO2. The van der Waals surface area contributed by atoms with Crippen molar-refractivity contribution in [1.82, 2.24) is 0 Å². The van der Waals surface area contributed by atoms with Gasteiger partial charge in [0.15, 0.2) is 0 Å². The van der Waals surface area contributed by atoms with Crippen molar-refractivity contribution in [1.29, 1.82) is 5.26 Å². The number of alkyl halides is 3. The molecule has 1 aromatic carbocycles. The molecule has 1 aromatic rings. The highest BCUT2D eigenvalue weighted by atomic mass is 19.4. The summed E-state index contributed by atoms with van der Waals surface area (Å²) in [7, 11) is 0. The highest BCUT2D eigenvalue weighted by Gasteiger charge is 2.31. The predicted octanol–water partition coefficient (Wildman–Crippen LogP) is 4.74. The van der Waals surface area contributed by atoms with Gasteiger partial charge < -0.3 is 9.47 Å². The zero-order valence-corrected chi connectivity index (χ0v) is 12.6. The van der Waals surface area contributed by atoms with Crippen molar-refractivity contribution in [3.05, 3.63) is 42.0 Å². The number of hydrogen-bond donors (Lipinski definition) is 0. The average molecular weight is 325 g/mol. The summed E-state index contributed by atoms with van der Waals surface area (Å²) >= 11 is 0. The fourth-order valence-corrected chi connectivity index (χ4v) is 2.63. The van der Waals surface area contributed by atoms with Gasteiger partial charge in [-0.25, -0.2) is 0 Å². The van der Waals surface area contributed by atoms with Crippen LogP contribution in [0.2, 0.25) is 0 Å². The zero-order valence-electron chi connectivity index (χ0n) is 12.6. The van der Waals surface area contributed by atoms with Crippen molar-refractivity contribution < 1.29 is 22.6 Å². The van der Waals surface area contributed by atoms with Crippen LogP contribution in [0.4, 0.5) is 13.2 Å². The number of nitriles is 1. The Labute approximate surface area is 133 Å². The van der Waals surface area contributed by atoms with Gasteiger partial charge in [0, 0.05) is 6.08 Å². The fourth-order valence-electron chi connectivity index (χ4n) is 2.63. The molecule has 0 aliphatic heterocycles. The van der Waals surface area contributed by atoms with E-state index in [1.165, 1.54) is 18.2 Å². The molecule has 0 aromatic heterocycles. The largest absolute Gasteiger partial charge is 0.573 e. The van der Waals surface area contributed by atoms with Crippen LogP contribution >= 0.6 is 0 Å². The molecule has 1 aliphatic rings. The lowest BCUT2D eigenvalue weighted by atomic mass is 9.87. The summed E-state index contributed by atoms with van der Waals surface area (Å²) in [6.07, 6.45) is 2.78. The van der Waals surface area contributed by atoms with Crippen LogP contribution < -0.4 is 4.74 Å². The fraction of sp³-hybridized carbons (Fsp3) is 0.471. The lowest BCUT2D eigenvalue weighted by Gasteiger charge is -2.26. The molecule has 1 fully saturated rings. The van der Waals surface area contributed by atoms with Crippen molar-refractivity contribution in [3.8, 4) is 11.8 Å². The third-order valence-electron chi connectivity index (χ3n) is 3.80. The average Bonchev–Trinajstić information content (AvgIpc) is 2.52. The molecule has 0 radical (unpaired) electrons. The van der Waals surface area contributed by atoms with Crippen LogP contribution in [-0.2, 0) is 11.3 Å². The molecule has 1 aliphatic carbocycles. The Morgan fingerprint density at radius 1 is 1.13 bits per heavy atom. The van der Waals surface area contributed by atoms with Crippen LogP contribution in [0.15, 0.2) is 36.4 Å². The summed E-state index contributed by atoms with van der Waals surface area (Å²) in [6, 6.07) is 7.72. The third-order valence-corrected chi connectivity index (χ3v) is 3.80. The van der Waals surface area contributed by atoms with Gasteiger partial charge in [-0.2, -0.15) is 5.26 Å². The minimum absolute atomic E-state index is 0.160. The highest BCUT2D eigenvalue weighted by molar-refractivity contribution is 5.27. The number of ether oxygens (including phenoxy) is 2. The quantitative estimate of drug-likeness (QED) is 0.734. The monoisotopic (exact) mass is 325 g/mol. The van der Waals surface area contributed by atoms with Crippen LogP contribution in [0.3, 0.4) is 0 Å². The second-order valence-corrected chi connectivity index (χ2v) is 5.53. The number of nitrogens with zero attached hydrogens (tertiary/aromatic N) is 1. The van der Waals surface area contributed by atoms with Gasteiger partial charge in [0.25, 0.3) is 0 Å². The van der Waals surface area contributed by atoms with Gasteiger partial charge in [-0.05, 0) is 49.3 Å². The minimum atomic E-state index is -4.67. The van der Waals surface area contributed by atoms with E-state index in [2.05, 4.69) is 4.74 Å². The summed E-state index contributed by atoms with van der Waals surface area (Å²) in [5.74, 6) is 0.208. The molecule has 2 rings (SSSR count). The zero-order chi connectivity index (χ0) is 16.7. The summed E-state index contributed by atoms with van der Waals surface area (Å²) in [4.78, 5) is 0. The second kappa shape index (κ2) is 8.02. The Morgan fingerprint density at radius 2 is 1.78 bits per heavy atom. The van der Waals surface area contributed by atoms with E-state index in [1.54, 1.807) is 12.1 Å². The van der Waals surface area contributed by atoms with E-state index in [0.29, 0.717) is 12.5 Å². The molecule has 3 nitrogen and oxygen atoms in total. The Balaban J connectivity index is 1.74. The Hall–Kier alpha value is -2.00. The Bertz CT molecular complexity index is 553. The normalized spacial score (nSPS) is 22.0. The van der Waals surface area contributed by atoms with E-state index < -0.39 is 6.36 Å².